The monoisotopic (exact) mass is 425 g/mol. The van der Waals surface area contributed by atoms with Gasteiger partial charge in [-0.05, 0) is 41.8 Å². The molecule has 0 amide bonds. The van der Waals surface area contributed by atoms with Gasteiger partial charge in [0.2, 0.25) is 0 Å². The van der Waals surface area contributed by atoms with Crippen molar-refractivity contribution in [3.05, 3.63) is 97.9 Å². The summed E-state index contributed by atoms with van der Waals surface area (Å²) in [5.41, 5.74) is 4.14. The second kappa shape index (κ2) is 8.31. The first-order valence-electron chi connectivity index (χ1n) is 8.56. The molecule has 0 fully saturated rings. The van der Waals surface area contributed by atoms with E-state index in [4.69, 9.17) is 0 Å². The molecule has 0 aliphatic carbocycles. The van der Waals surface area contributed by atoms with E-state index in [2.05, 4.69) is 57.4 Å². The van der Waals surface area contributed by atoms with E-state index in [0.717, 1.165) is 21.2 Å². The molecule has 0 bridgehead atoms. The highest BCUT2D eigenvalue weighted by atomic mass is 79.9. The number of hydrogen-bond donors (Lipinski definition) is 1. The van der Waals surface area contributed by atoms with E-state index in [1.54, 1.807) is 13.1 Å². The van der Waals surface area contributed by atoms with Crippen LogP contribution in [-0.2, 0) is 7.05 Å². The summed E-state index contributed by atoms with van der Waals surface area (Å²) in [4.78, 5) is 11.6. The van der Waals surface area contributed by atoms with E-state index < -0.39 is 0 Å². The van der Waals surface area contributed by atoms with E-state index in [0.29, 0.717) is 17.8 Å². The largest absolute Gasteiger partial charge is 0.411 e. The molecule has 1 aromatic heterocycles. The van der Waals surface area contributed by atoms with Gasteiger partial charge in [0, 0.05) is 29.9 Å². The number of rotatable bonds is 5. The lowest BCUT2D eigenvalue weighted by Crippen LogP contribution is -2.22. The Morgan fingerprint density at radius 2 is 1.85 bits per heavy atom. The Morgan fingerprint density at radius 3 is 2.48 bits per heavy atom. The first-order valence-corrected chi connectivity index (χ1v) is 9.35. The van der Waals surface area contributed by atoms with Crippen molar-refractivity contribution in [1.82, 2.24) is 9.78 Å². The van der Waals surface area contributed by atoms with Crippen molar-refractivity contribution in [2.75, 3.05) is 0 Å². The molecule has 1 atom stereocenters. The zero-order valence-corrected chi connectivity index (χ0v) is 16.7. The van der Waals surface area contributed by atoms with Crippen molar-refractivity contribution < 1.29 is 5.21 Å². The fourth-order valence-corrected chi connectivity index (χ4v) is 3.39. The van der Waals surface area contributed by atoms with Crippen molar-refractivity contribution in [1.29, 1.82) is 0 Å². The smallest absolute Gasteiger partial charge is 0.266 e. The molecule has 0 saturated carbocycles. The molecule has 1 heterocycles. The predicted octanol–water partition coefficient (Wildman–Crippen LogP) is 4.25. The number of aromatic nitrogens is 2. The van der Waals surface area contributed by atoms with Crippen molar-refractivity contribution in [2.24, 2.45) is 12.2 Å². The Balaban J connectivity index is 2.04. The van der Waals surface area contributed by atoms with Gasteiger partial charge in [-0.2, -0.15) is 5.10 Å². The zero-order valence-electron chi connectivity index (χ0n) is 15.1. The molecule has 5 nitrogen and oxygen atoms in total. The molecule has 138 valence electrons. The third-order valence-corrected chi connectivity index (χ3v) is 5.14. The van der Waals surface area contributed by atoms with Crippen molar-refractivity contribution in [2.45, 2.75) is 19.3 Å². The van der Waals surface area contributed by atoms with Crippen LogP contribution in [0.5, 0.6) is 0 Å². The Hall–Kier alpha value is -2.73. The van der Waals surface area contributed by atoms with Crippen LogP contribution < -0.4 is 5.56 Å². The average molecular weight is 426 g/mol. The molecule has 3 aromatic rings. The molecule has 6 heteroatoms. The minimum Gasteiger partial charge on any atom is -0.411 e. The third-order valence-electron chi connectivity index (χ3n) is 4.61. The summed E-state index contributed by atoms with van der Waals surface area (Å²) < 4.78 is 2.24. The van der Waals surface area contributed by atoms with Gasteiger partial charge in [0.05, 0.1) is 0 Å². The minimum atomic E-state index is -0.209. The van der Waals surface area contributed by atoms with Gasteiger partial charge in [-0.15, -0.1) is 0 Å². The second-order valence-corrected chi connectivity index (χ2v) is 7.31. The van der Waals surface area contributed by atoms with Crippen molar-refractivity contribution in [3.8, 4) is 0 Å². The molecule has 0 spiro atoms. The van der Waals surface area contributed by atoms with Gasteiger partial charge >= 0.3 is 0 Å². The first kappa shape index (κ1) is 19.0. The predicted molar refractivity (Wildman–Crippen MR) is 110 cm³/mol. The van der Waals surface area contributed by atoms with Crippen molar-refractivity contribution >= 4 is 21.6 Å². The summed E-state index contributed by atoms with van der Waals surface area (Å²) in [6.45, 7) is 2.07. The lowest BCUT2D eigenvalue weighted by molar-refractivity contribution is 0.317. The number of hydrogen-bond acceptors (Lipinski definition) is 4. The molecule has 2 aromatic carbocycles. The fraction of sp³-hybridized carbons (Fsp3) is 0.190. The maximum Gasteiger partial charge on any atom is 0.266 e. The van der Waals surface area contributed by atoms with E-state index in [9.17, 15) is 10.0 Å². The van der Waals surface area contributed by atoms with Crippen LogP contribution in [0.2, 0.25) is 0 Å². The fourth-order valence-electron chi connectivity index (χ4n) is 3.13. The van der Waals surface area contributed by atoms with Crippen LogP contribution in [-0.4, -0.2) is 20.7 Å². The number of benzene rings is 2. The van der Waals surface area contributed by atoms with E-state index in [1.165, 1.54) is 10.7 Å². The van der Waals surface area contributed by atoms with Gasteiger partial charge in [-0.25, -0.2) is 4.68 Å². The highest BCUT2D eigenvalue weighted by Gasteiger charge is 2.21. The Morgan fingerprint density at radius 1 is 1.15 bits per heavy atom. The lowest BCUT2D eigenvalue weighted by atomic mass is 9.84. The molecule has 0 aliphatic rings. The molecular weight excluding hydrogens is 406 g/mol. The van der Waals surface area contributed by atoms with E-state index >= 15 is 0 Å². The summed E-state index contributed by atoms with van der Waals surface area (Å²) in [5, 5.41) is 17.4. The highest BCUT2D eigenvalue weighted by Crippen LogP contribution is 2.32. The van der Waals surface area contributed by atoms with Crippen LogP contribution in [0, 0.1) is 6.92 Å². The number of aryl methyl sites for hydroxylation is 2. The molecule has 0 unspecified atom stereocenters. The van der Waals surface area contributed by atoms with Crippen LogP contribution >= 0.6 is 15.9 Å². The molecule has 1 N–H and O–H groups in total. The molecule has 0 radical (unpaired) electrons. The van der Waals surface area contributed by atoms with Crippen LogP contribution in [0.3, 0.4) is 0 Å². The van der Waals surface area contributed by atoms with E-state index in [1.807, 2.05) is 24.3 Å². The number of oxime groups is 1. The summed E-state index contributed by atoms with van der Waals surface area (Å²) >= 11 is 3.48. The summed E-state index contributed by atoms with van der Waals surface area (Å²) in [6, 6.07) is 19.3. The third kappa shape index (κ3) is 4.34. The van der Waals surface area contributed by atoms with Crippen molar-refractivity contribution in [3.63, 3.8) is 0 Å². The number of halogens is 1. The Labute approximate surface area is 166 Å². The average Bonchev–Trinajstić information content (AvgIpc) is 2.67. The van der Waals surface area contributed by atoms with Gasteiger partial charge in [0.25, 0.3) is 5.56 Å². The Kier molecular flexibility index (Phi) is 5.86. The van der Waals surface area contributed by atoms with Gasteiger partial charge in [0.1, 0.15) is 11.4 Å². The molecule has 27 heavy (non-hydrogen) atoms. The van der Waals surface area contributed by atoms with Crippen LogP contribution in [0.4, 0.5) is 0 Å². The first-order chi connectivity index (χ1) is 13.0. The normalized spacial score (nSPS) is 12.8. The zero-order chi connectivity index (χ0) is 19.4. The van der Waals surface area contributed by atoms with Gasteiger partial charge < -0.3 is 5.21 Å². The van der Waals surface area contributed by atoms with E-state index in [-0.39, 0.29) is 11.5 Å². The van der Waals surface area contributed by atoms with Gasteiger partial charge in [-0.1, -0.05) is 57.5 Å². The summed E-state index contributed by atoms with van der Waals surface area (Å²) in [7, 11) is 1.58. The van der Waals surface area contributed by atoms with Crippen LogP contribution in [0.1, 0.15) is 34.7 Å². The number of nitrogens with zero attached hydrogens (tertiary/aromatic N) is 3. The van der Waals surface area contributed by atoms with Gasteiger partial charge in [-0.3, -0.25) is 4.79 Å². The lowest BCUT2D eigenvalue weighted by Gasteiger charge is -2.20. The minimum absolute atomic E-state index is 0.00997. The summed E-state index contributed by atoms with van der Waals surface area (Å²) in [5.74, 6) is -0.00997. The quantitative estimate of drug-likeness (QED) is 0.377. The molecule has 0 aliphatic heterocycles. The topological polar surface area (TPSA) is 67.5 Å². The SMILES string of the molecule is Cc1ccccc1[C@H](C/C(=N/O)c1ccc(=O)n(C)n1)c1ccc(Br)cc1. The van der Waals surface area contributed by atoms with Gasteiger partial charge in [0.15, 0.2) is 0 Å². The second-order valence-electron chi connectivity index (χ2n) is 6.39. The van der Waals surface area contributed by atoms with Crippen LogP contribution in [0.15, 0.2) is 75.1 Å². The Bertz CT molecular complexity index is 1030. The maximum atomic E-state index is 11.6. The molecular formula is C21H20BrN3O2. The standard InChI is InChI=1S/C21H20BrN3O2/c1-14-5-3-4-6-17(14)18(15-7-9-16(22)10-8-15)13-20(24-27)19-11-12-21(26)25(2)23-19/h3-12,18,27H,13H2,1-2H3/b24-20-/t18-/m1/s1. The summed E-state index contributed by atoms with van der Waals surface area (Å²) in [6.07, 6.45) is 0.453. The molecule has 3 rings (SSSR count). The maximum absolute atomic E-state index is 11.6. The highest BCUT2D eigenvalue weighted by molar-refractivity contribution is 9.10. The molecule has 0 saturated heterocycles. The van der Waals surface area contributed by atoms with Crippen LogP contribution in [0.25, 0.3) is 0 Å².